The molecule has 4 nitrogen and oxygen atoms in total. The van der Waals surface area contributed by atoms with Gasteiger partial charge in [0, 0.05) is 12.6 Å². The summed E-state index contributed by atoms with van der Waals surface area (Å²) in [4.78, 5) is 12.0. The largest absolute Gasteiger partial charge is 0.377 e. The molecule has 0 aromatic carbocycles. The summed E-state index contributed by atoms with van der Waals surface area (Å²) in [5.74, 6) is 0.463. The number of hydrogen-bond acceptors (Lipinski definition) is 3. The first-order valence-corrected chi connectivity index (χ1v) is 6.67. The Bertz CT molecular complexity index is 234. The van der Waals surface area contributed by atoms with Crippen molar-refractivity contribution in [1.29, 1.82) is 0 Å². The SMILES string of the molecule is CC(C)OCCNC(=O)C1C(C)CCCC1N. The van der Waals surface area contributed by atoms with Crippen molar-refractivity contribution in [2.75, 3.05) is 13.2 Å². The van der Waals surface area contributed by atoms with Crippen LogP contribution in [0.25, 0.3) is 0 Å². The lowest BCUT2D eigenvalue weighted by Gasteiger charge is -2.33. The van der Waals surface area contributed by atoms with Gasteiger partial charge in [0.15, 0.2) is 0 Å². The van der Waals surface area contributed by atoms with Crippen LogP contribution in [0.4, 0.5) is 0 Å². The molecule has 1 aliphatic carbocycles. The highest BCUT2D eigenvalue weighted by Crippen LogP contribution is 2.28. The summed E-state index contributed by atoms with van der Waals surface area (Å²) in [6.07, 6.45) is 3.42. The molecule has 0 aromatic heterocycles. The third-order valence-corrected chi connectivity index (χ3v) is 3.43. The molecule has 0 aromatic rings. The van der Waals surface area contributed by atoms with Gasteiger partial charge in [-0.05, 0) is 32.6 Å². The van der Waals surface area contributed by atoms with Gasteiger partial charge in [0.2, 0.25) is 5.91 Å². The maximum absolute atomic E-state index is 12.0. The van der Waals surface area contributed by atoms with Gasteiger partial charge < -0.3 is 15.8 Å². The Morgan fingerprint density at radius 3 is 2.76 bits per heavy atom. The smallest absolute Gasteiger partial charge is 0.225 e. The quantitative estimate of drug-likeness (QED) is 0.714. The number of hydrogen-bond donors (Lipinski definition) is 2. The highest BCUT2D eigenvalue weighted by atomic mass is 16.5. The van der Waals surface area contributed by atoms with Crippen LogP contribution >= 0.6 is 0 Å². The van der Waals surface area contributed by atoms with Crippen LogP contribution in [0, 0.1) is 11.8 Å². The van der Waals surface area contributed by atoms with E-state index < -0.39 is 0 Å². The van der Waals surface area contributed by atoms with Crippen LogP contribution in [0.2, 0.25) is 0 Å². The molecule has 3 unspecified atom stereocenters. The van der Waals surface area contributed by atoms with Crippen LogP contribution in [0.5, 0.6) is 0 Å². The number of nitrogens with two attached hydrogens (primary N) is 1. The Morgan fingerprint density at radius 2 is 2.18 bits per heavy atom. The van der Waals surface area contributed by atoms with Gasteiger partial charge in [-0.2, -0.15) is 0 Å². The van der Waals surface area contributed by atoms with Crippen molar-refractivity contribution >= 4 is 5.91 Å². The van der Waals surface area contributed by atoms with Crippen molar-refractivity contribution in [2.24, 2.45) is 17.6 Å². The second-order valence-electron chi connectivity index (χ2n) is 5.31. The molecule has 1 aliphatic rings. The van der Waals surface area contributed by atoms with Crippen LogP contribution in [0.3, 0.4) is 0 Å². The predicted octanol–water partition coefficient (Wildman–Crippen LogP) is 1.29. The van der Waals surface area contributed by atoms with Crippen molar-refractivity contribution in [1.82, 2.24) is 5.32 Å². The predicted molar refractivity (Wildman–Crippen MR) is 68.6 cm³/mol. The Labute approximate surface area is 104 Å². The van der Waals surface area contributed by atoms with E-state index >= 15 is 0 Å². The monoisotopic (exact) mass is 242 g/mol. The second kappa shape index (κ2) is 6.97. The van der Waals surface area contributed by atoms with E-state index in [1.807, 2.05) is 13.8 Å². The van der Waals surface area contributed by atoms with Crippen LogP contribution < -0.4 is 11.1 Å². The molecule has 0 saturated heterocycles. The molecular weight excluding hydrogens is 216 g/mol. The van der Waals surface area contributed by atoms with Gasteiger partial charge >= 0.3 is 0 Å². The van der Waals surface area contributed by atoms with Crippen LogP contribution in [0.15, 0.2) is 0 Å². The number of carbonyl (C=O) groups is 1. The number of rotatable bonds is 5. The number of amides is 1. The molecule has 0 spiro atoms. The molecule has 4 heteroatoms. The van der Waals surface area contributed by atoms with Gasteiger partial charge in [-0.1, -0.05) is 13.3 Å². The fourth-order valence-corrected chi connectivity index (χ4v) is 2.50. The summed E-state index contributed by atoms with van der Waals surface area (Å²) in [6, 6.07) is 0.0183. The summed E-state index contributed by atoms with van der Waals surface area (Å²) >= 11 is 0. The molecule has 1 fully saturated rings. The van der Waals surface area contributed by atoms with E-state index in [1.54, 1.807) is 0 Å². The zero-order valence-corrected chi connectivity index (χ0v) is 11.2. The van der Waals surface area contributed by atoms with E-state index in [1.165, 1.54) is 0 Å². The average Bonchev–Trinajstić information content (AvgIpc) is 2.24. The molecule has 3 atom stereocenters. The topological polar surface area (TPSA) is 64.3 Å². The molecule has 1 saturated carbocycles. The lowest BCUT2D eigenvalue weighted by atomic mass is 9.76. The number of carbonyl (C=O) groups excluding carboxylic acids is 1. The second-order valence-corrected chi connectivity index (χ2v) is 5.31. The van der Waals surface area contributed by atoms with Crippen molar-refractivity contribution in [3.8, 4) is 0 Å². The molecule has 0 aliphatic heterocycles. The van der Waals surface area contributed by atoms with Crippen LogP contribution in [0.1, 0.15) is 40.0 Å². The molecule has 0 bridgehead atoms. The van der Waals surface area contributed by atoms with E-state index in [4.69, 9.17) is 10.5 Å². The molecule has 17 heavy (non-hydrogen) atoms. The Kier molecular flexibility index (Phi) is 5.92. The van der Waals surface area contributed by atoms with Gasteiger partial charge in [0.05, 0.1) is 18.6 Å². The minimum absolute atomic E-state index is 0.0183. The Morgan fingerprint density at radius 1 is 1.47 bits per heavy atom. The third kappa shape index (κ3) is 4.64. The standard InChI is InChI=1S/C13H26N2O2/c1-9(2)17-8-7-15-13(16)12-10(3)5-4-6-11(12)14/h9-12H,4-8,14H2,1-3H3,(H,15,16). The minimum Gasteiger partial charge on any atom is -0.377 e. The van der Waals surface area contributed by atoms with Gasteiger partial charge in [-0.25, -0.2) is 0 Å². The Hall–Kier alpha value is -0.610. The van der Waals surface area contributed by atoms with E-state index in [0.29, 0.717) is 19.1 Å². The molecule has 1 rings (SSSR count). The van der Waals surface area contributed by atoms with Gasteiger partial charge in [-0.15, -0.1) is 0 Å². The molecule has 0 radical (unpaired) electrons. The fraction of sp³-hybridized carbons (Fsp3) is 0.923. The summed E-state index contributed by atoms with van der Waals surface area (Å²) < 4.78 is 5.39. The van der Waals surface area contributed by atoms with Crippen molar-refractivity contribution in [3.63, 3.8) is 0 Å². The van der Waals surface area contributed by atoms with Gasteiger partial charge in [0.25, 0.3) is 0 Å². The van der Waals surface area contributed by atoms with E-state index in [9.17, 15) is 4.79 Å². The lowest BCUT2D eigenvalue weighted by Crippen LogP contribution is -2.47. The first-order valence-electron chi connectivity index (χ1n) is 6.67. The summed E-state index contributed by atoms with van der Waals surface area (Å²) in [5, 5.41) is 2.92. The van der Waals surface area contributed by atoms with E-state index in [0.717, 1.165) is 19.3 Å². The van der Waals surface area contributed by atoms with Crippen molar-refractivity contribution < 1.29 is 9.53 Å². The fourth-order valence-electron chi connectivity index (χ4n) is 2.50. The highest BCUT2D eigenvalue weighted by Gasteiger charge is 2.33. The van der Waals surface area contributed by atoms with E-state index in [-0.39, 0.29) is 24.0 Å². The van der Waals surface area contributed by atoms with Crippen molar-refractivity contribution in [2.45, 2.75) is 52.2 Å². The van der Waals surface area contributed by atoms with E-state index in [2.05, 4.69) is 12.2 Å². The number of nitrogens with one attached hydrogen (secondary N) is 1. The van der Waals surface area contributed by atoms with Gasteiger partial charge in [-0.3, -0.25) is 4.79 Å². The average molecular weight is 242 g/mol. The Balaban J connectivity index is 2.30. The molecule has 1 amide bonds. The number of ether oxygens (including phenoxy) is 1. The molecular formula is C13H26N2O2. The maximum Gasteiger partial charge on any atom is 0.225 e. The first-order chi connectivity index (χ1) is 8.02. The summed E-state index contributed by atoms with van der Waals surface area (Å²) in [5.41, 5.74) is 6.03. The van der Waals surface area contributed by atoms with Gasteiger partial charge in [0.1, 0.15) is 0 Å². The zero-order chi connectivity index (χ0) is 12.8. The first kappa shape index (κ1) is 14.5. The third-order valence-electron chi connectivity index (χ3n) is 3.43. The zero-order valence-electron chi connectivity index (χ0n) is 11.2. The van der Waals surface area contributed by atoms with Crippen molar-refractivity contribution in [3.05, 3.63) is 0 Å². The molecule has 3 N–H and O–H groups in total. The summed E-state index contributed by atoms with van der Waals surface area (Å²) in [6.45, 7) is 7.24. The summed E-state index contributed by atoms with van der Waals surface area (Å²) in [7, 11) is 0. The highest BCUT2D eigenvalue weighted by molar-refractivity contribution is 5.79. The van der Waals surface area contributed by atoms with Crippen LogP contribution in [-0.4, -0.2) is 31.2 Å². The molecule has 100 valence electrons. The maximum atomic E-state index is 12.0. The van der Waals surface area contributed by atoms with Crippen LogP contribution in [-0.2, 0) is 9.53 Å². The normalized spacial score (nSPS) is 29.4. The minimum atomic E-state index is -0.0252. The molecule has 0 heterocycles. The lowest BCUT2D eigenvalue weighted by molar-refractivity contribution is -0.128.